The predicted molar refractivity (Wildman–Crippen MR) is 119 cm³/mol. The van der Waals surface area contributed by atoms with E-state index in [1.165, 1.54) is 29.3 Å². The number of hydrogen-bond donors (Lipinski definition) is 2. The van der Waals surface area contributed by atoms with Gasteiger partial charge in [0.25, 0.3) is 5.91 Å². The lowest BCUT2D eigenvalue weighted by Crippen LogP contribution is -2.41. The first-order valence-corrected chi connectivity index (χ1v) is 13.0. The first-order valence-electron chi connectivity index (χ1n) is 10.8. The molecule has 6 nitrogen and oxygen atoms in total. The van der Waals surface area contributed by atoms with Gasteiger partial charge in [0.2, 0.25) is 10.0 Å². The van der Waals surface area contributed by atoms with Crippen LogP contribution in [0.3, 0.4) is 0 Å². The summed E-state index contributed by atoms with van der Waals surface area (Å²) >= 11 is 1.63. The van der Waals surface area contributed by atoms with E-state index in [0.717, 1.165) is 37.2 Å². The van der Waals surface area contributed by atoms with Crippen LogP contribution in [-0.4, -0.2) is 44.3 Å². The number of rotatable bonds is 4. The topological polar surface area (TPSA) is 78.5 Å². The smallest absolute Gasteiger partial charge is 0.256 e. The summed E-state index contributed by atoms with van der Waals surface area (Å²) in [6.45, 7) is 2.01. The number of carbonyl (C=O) groups is 1. The molecule has 2 aromatic rings. The van der Waals surface area contributed by atoms with Crippen LogP contribution in [0.2, 0.25) is 0 Å². The van der Waals surface area contributed by atoms with Gasteiger partial charge in [0, 0.05) is 29.6 Å². The minimum Gasteiger partial charge on any atom is -0.314 e. The zero-order chi connectivity index (χ0) is 20.7. The molecular weight excluding hydrogens is 418 g/mol. The van der Waals surface area contributed by atoms with Gasteiger partial charge in [-0.15, -0.1) is 11.3 Å². The Kier molecular flexibility index (Phi) is 5.43. The third kappa shape index (κ3) is 3.82. The quantitative estimate of drug-likeness (QED) is 0.757. The van der Waals surface area contributed by atoms with Gasteiger partial charge in [-0.1, -0.05) is 6.07 Å². The summed E-state index contributed by atoms with van der Waals surface area (Å²) < 4.78 is 28.0. The third-order valence-corrected chi connectivity index (χ3v) is 9.51. The maximum atomic E-state index is 13.2. The van der Waals surface area contributed by atoms with Gasteiger partial charge in [-0.3, -0.25) is 4.79 Å². The van der Waals surface area contributed by atoms with Crippen molar-refractivity contribution in [2.45, 2.75) is 49.5 Å². The van der Waals surface area contributed by atoms with Gasteiger partial charge in [-0.05, 0) is 80.8 Å². The number of carbonyl (C=O) groups excluding carboxylic acids is 1. The Morgan fingerprint density at radius 3 is 2.83 bits per heavy atom. The van der Waals surface area contributed by atoms with Crippen LogP contribution < -0.4 is 10.6 Å². The minimum atomic E-state index is -3.61. The second kappa shape index (κ2) is 8.07. The lowest BCUT2D eigenvalue weighted by atomic mass is 9.94. The molecule has 3 heterocycles. The lowest BCUT2D eigenvalue weighted by molar-refractivity contribution is 0.102. The molecule has 30 heavy (non-hydrogen) atoms. The van der Waals surface area contributed by atoms with Crippen LogP contribution >= 0.6 is 11.3 Å². The Morgan fingerprint density at radius 1 is 1.13 bits per heavy atom. The molecule has 0 saturated carbocycles. The fraction of sp³-hybridized carbons (Fsp3) is 0.500. The van der Waals surface area contributed by atoms with E-state index in [2.05, 4.69) is 16.7 Å². The van der Waals surface area contributed by atoms with Crippen molar-refractivity contribution in [1.82, 2.24) is 9.62 Å². The Balaban J connectivity index is 1.33. The van der Waals surface area contributed by atoms with Crippen LogP contribution in [0.15, 0.2) is 35.2 Å². The van der Waals surface area contributed by atoms with Gasteiger partial charge in [0.05, 0.1) is 9.90 Å². The average Bonchev–Trinajstić information content (AvgIpc) is 3.37. The highest BCUT2D eigenvalue weighted by Gasteiger charge is 2.40. The number of nitrogens with zero attached hydrogens (tertiary/aromatic N) is 1. The molecule has 8 heteroatoms. The SMILES string of the molecule is O=C(Nc1cc2c(s1)CCCC2)c1cccc(S(=O)(=O)N2CC3CCCNC3C2)c1. The molecule has 2 aliphatic heterocycles. The number of piperidine rings is 1. The number of anilines is 1. The summed E-state index contributed by atoms with van der Waals surface area (Å²) in [5.41, 5.74) is 1.71. The zero-order valence-corrected chi connectivity index (χ0v) is 18.5. The number of fused-ring (bicyclic) bond motifs is 2. The highest BCUT2D eigenvalue weighted by atomic mass is 32.2. The number of amides is 1. The van der Waals surface area contributed by atoms with Crippen molar-refractivity contribution in [3.8, 4) is 0 Å². The number of thiophene rings is 1. The standard InChI is InChI=1S/C22H27N3O3S2/c26-22(24-21-12-15-5-1-2-9-20(15)29-21)16-6-3-8-18(11-16)30(27,28)25-13-17-7-4-10-23-19(17)14-25/h3,6,8,11-12,17,19,23H,1-2,4-5,7,9-10,13-14H2,(H,24,26). The maximum absolute atomic E-state index is 13.2. The number of nitrogens with one attached hydrogen (secondary N) is 2. The predicted octanol–water partition coefficient (Wildman–Crippen LogP) is 3.25. The number of hydrogen-bond acceptors (Lipinski definition) is 5. The van der Waals surface area contributed by atoms with Crippen LogP contribution in [0.1, 0.15) is 46.5 Å². The lowest BCUT2D eigenvalue weighted by Gasteiger charge is -2.24. The Morgan fingerprint density at radius 2 is 2.00 bits per heavy atom. The van der Waals surface area contributed by atoms with Gasteiger partial charge >= 0.3 is 0 Å². The van der Waals surface area contributed by atoms with Gasteiger partial charge in [0.1, 0.15) is 0 Å². The maximum Gasteiger partial charge on any atom is 0.256 e. The van der Waals surface area contributed by atoms with Crippen LogP contribution in [0.25, 0.3) is 0 Å². The highest BCUT2D eigenvalue weighted by Crippen LogP contribution is 2.33. The van der Waals surface area contributed by atoms with Crippen molar-refractivity contribution < 1.29 is 13.2 Å². The van der Waals surface area contributed by atoms with Crippen molar-refractivity contribution in [2.75, 3.05) is 25.0 Å². The van der Waals surface area contributed by atoms with Crippen molar-refractivity contribution in [2.24, 2.45) is 5.92 Å². The molecule has 3 aliphatic rings. The monoisotopic (exact) mass is 445 g/mol. The average molecular weight is 446 g/mol. The second-order valence-electron chi connectivity index (χ2n) is 8.53. The molecule has 1 aliphatic carbocycles. The molecule has 2 unspecified atom stereocenters. The van der Waals surface area contributed by atoms with Gasteiger partial charge in [-0.2, -0.15) is 4.31 Å². The largest absolute Gasteiger partial charge is 0.314 e. The van der Waals surface area contributed by atoms with E-state index in [4.69, 9.17) is 0 Å². The molecule has 1 aromatic carbocycles. The second-order valence-corrected chi connectivity index (χ2v) is 11.6. The zero-order valence-electron chi connectivity index (χ0n) is 16.9. The first kappa shape index (κ1) is 20.2. The number of sulfonamides is 1. The number of benzene rings is 1. The van der Waals surface area contributed by atoms with Crippen molar-refractivity contribution in [1.29, 1.82) is 0 Å². The summed E-state index contributed by atoms with van der Waals surface area (Å²) in [5, 5.41) is 7.25. The van der Waals surface area contributed by atoms with E-state index in [0.29, 0.717) is 24.6 Å². The molecule has 5 rings (SSSR count). The molecule has 2 saturated heterocycles. The van der Waals surface area contributed by atoms with Crippen molar-refractivity contribution >= 4 is 32.3 Å². The van der Waals surface area contributed by atoms with Crippen LogP contribution in [0.5, 0.6) is 0 Å². The van der Waals surface area contributed by atoms with Crippen LogP contribution in [0, 0.1) is 5.92 Å². The third-order valence-electron chi connectivity index (χ3n) is 6.53. The molecule has 1 amide bonds. The fourth-order valence-electron chi connectivity index (χ4n) is 4.89. The van der Waals surface area contributed by atoms with E-state index < -0.39 is 10.0 Å². The van der Waals surface area contributed by atoms with Crippen LogP contribution in [0.4, 0.5) is 5.00 Å². The van der Waals surface area contributed by atoms with Crippen molar-refractivity contribution in [3.05, 3.63) is 46.3 Å². The molecule has 0 radical (unpaired) electrons. The molecule has 0 spiro atoms. The first-order chi connectivity index (χ1) is 14.5. The van der Waals surface area contributed by atoms with Crippen LogP contribution in [-0.2, 0) is 22.9 Å². The Labute approximate surface area is 181 Å². The summed E-state index contributed by atoms with van der Waals surface area (Å²) in [7, 11) is -3.61. The molecule has 160 valence electrons. The van der Waals surface area contributed by atoms with E-state index in [1.54, 1.807) is 33.8 Å². The Bertz CT molecular complexity index is 1030. The molecule has 2 fully saturated rings. The summed E-state index contributed by atoms with van der Waals surface area (Å²) in [6.07, 6.45) is 6.71. The molecule has 0 bridgehead atoms. The normalized spacial score (nSPS) is 24.3. The van der Waals surface area contributed by atoms with Gasteiger partial charge in [-0.25, -0.2) is 8.42 Å². The summed E-state index contributed by atoms with van der Waals surface area (Å²) in [6, 6.07) is 8.73. The molecule has 2 atom stereocenters. The van der Waals surface area contributed by atoms with Gasteiger partial charge < -0.3 is 10.6 Å². The van der Waals surface area contributed by atoms with E-state index in [1.807, 2.05) is 0 Å². The number of aryl methyl sites for hydroxylation is 2. The van der Waals surface area contributed by atoms with E-state index >= 15 is 0 Å². The minimum absolute atomic E-state index is 0.194. The Hall–Kier alpha value is -1.74. The van der Waals surface area contributed by atoms with Gasteiger partial charge in [0.15, 0.2) is 0 Å². The molecular formula is C22H27N3O3S2. The van der Waals surface area contributed by atoms with E-state index in [9.17, 15) is 13.2 Å². The summed E-state index contributed by atoms with van der Waals surface area (Å²) in [5.74, 6) is 0.118. The van der Waals surface area contributed by atoms with Crippen molar-refractivity contribution in [3.63, 3.8) is 0 Å². The summed E-state index contributed by atoms with van der Waals surface area (Å²) in [4.78, 5) is 14.4. The molecule has 1 aromatic heterocycles. The fourth-order valence-corrected chi connectivity index (χ4v) is 7.60. The van der Waals surface area contributed by atoms with E-state index in [-0.39, 0.29) is 16.8 Å². The highest BCUT2D eigenvalue weighted by molar-refractivity contribution is 7.89. The molecule has 2 N–H and O–H groups in total.